The molecule has 0 bridgehead atoms. The molecule has 1 aliphatic heterocycles. The zero-order valence-corrected chi connectivity index (χ0v) is 14.7. The number of alkyl halides is 1. The molecule has 0 radical (unpaired) electrons. The van der Waals surface area contributed by atoms with E-state index in [1.807, 2.05) is 0 Å². The molecular formula is C18H29ClN2. The van der Waals surface area contributed by atoms with Gasteiger partial charge < -0.3 is 4.90 Å². The van der Waals surface area contributed by atoms with Gasteiger partial charge in [0.05, 0.1) is 0 Å². The number of aromatic nitrogens is 1. The summed E-state index contributed by atoms with van der Waals surface area (Å²) in [6, 6.07) is 4.98. The minimum atomic E-state index is 0.0599. The Bertz CT molecular complexity index is 465. The molecule has 0 amide bonds. The maximum Gasteiger partial charge on any atom is 0.129 e. The van der Waals surface area contributed by atoms with Crippen molar-refractivity contribution in [3.63, 3.8) is 0 Å². The number of halogens is 1. The predicted molar refractivity (Wildman–Crippen MR) is 92.4 cm³/mol. The van der Waals surface area contributed by atoms with Gasteiger partial charge in [0.25, 0.3) is 0 Å². The van der Waals surface area contributed by atoms with Gasteiger partial charge in [-0.05, 0) is 37.0 Å². The largest absolute Gasteiger partial charge is 0.354 e. The first-order chi connectivity index (χ1) is 9.95. The van der Waals surface area contributed by atoms with Crippen LogP contribution in [0.1, 0.15) is 71.1 Å². The molecule has 3 heteroatoms. The normalized spacial score (nSPS) is 20.4. The highest BCUT2D eigenvalue weighted by atomic mass is 35.5. The van der Waals surface area contributed by atoms with Gasteiger partial charge in [-0.3, -0.25) is 0 Å². The fourth-order valence-corrected chi connectivity index (χ4v) is 3.24. The molecule has 1 aliphatic rings. The number of hydrogen-bond donors (Lipinski definition) is 0. The van der Waals surface area contributed by atoms with E-state index in [0.29, 0.717) is 11.9 Å². The molecule has 1 aromatic heterocycles. The Hall–Kier alpha value is -0.760. The van der Waals surface area contributed by atoms with E-state index >= 15 is 0 Å². The summed E-state index contributed by atoms with van der Waals surface area (Å²) in [7, 11) is 0. The van der Waals surface area contributed by atoms with E-state index in [0.717, 1.165) is 18.1 Å². The second-order valence-corrected chi connectivity index (χ2v) is 7.47. The lowest BCUT2D eigenvalue weighted by Gasteiger charge is -2.32. The van der Waals surface area contributed by atoms with Crippen LogP contribution in [0.15, 0.2) is 12.1 Å². The molecule has 21 heavy (non-hydrogen) atoms. The zero-order chi connectivity index (χ0) is 15.5. The van der Waals surface area contributed by atoms with Gasteiger partial charge in [-0.15, -0.1) is 11.6 Å². The molecule has 0 aromatic carbocycles. The van der Waals surface area contributed by atoms with Crippen molar-refractivity contribution in [2.75, 3.05) is 11.4 Å². The first-order valence-electron chi connectivity index (χ1n) is 8.29. The van der Waals surface area contributed by atoms with Crippen LogP contribution in [0.5, 0.6) is 0 Å². The van der Waals surface area contributed by atoms with Crippen molar-refractivity contribution >= 4 is 17.4 Å². The molecule has 118 valence electrons. The summed E-state index contributed by atoms with van der Waals surface area (Å²) in [5.74, 6) is 1.69. The third kappa shape index (κ3) is 4.12. The molecule has 1 atom stereocenters. The van der Waals surface area contributed by atoms with Gasteiger partial charge in [-0.2, -0.15) is 0 Å². The van der Waals surface area contributed by atoms with E-state index in [4.69, 9.17) is 16.6 Å². The van der Waals surface area contributed by atoms with Gasteiger partial charge in [0.15, 0.2) is 0 Å². The SMILES string of the molecule is CCC1CCCCCN1c1cc(CCl)cc(C(C)(C)C)n1. The topological polar surface area (TPSA) is 16.1 Å². The van der Waals surface area contributed by atoms with Gasteiger partial charge in [0, 0.05) is 29.6 Å². The molecule has 1 saturated heterocycles. The van der Waals surface area contributed by atoms with E-state index in [1.54, 1.807) is 0 Å². The average Bonchev–Trinajstić information content (AvgIpc) is 2.70. The standard InChI is InChI=1S/C18H29ClN2/c1-5-15-9-7-6-8-10-21(15)17-12-14(13-19)11-16(20-17)18(2,3)4/h11-12,15H,5-10,13H2,1-4H3. The molecule has 2 heterocycles. The Morgan fingerprint density at radius 3 is 2.62 bits per heavy atom. The summed E-state index contributed by atoms with van der Waals surface area (Å²) in [5.41, 5.74) is 2.39. The van der Waals surface area contributed by atoms with Crippen molar-refractivity contribution in [3.05, 3.63) is 23.4 Å². The van der Waals surface area contributed by atoms with E-state index in [9.17, 15) is 0 Å². The van der Waals surface area contributed by atoms with Crippen LogP contribution in [0.25, 0.3) is 0 Å². The lowest BCUT2D eigenvalue weighted by molar-refractivity contribution is 0.540. The van der Waals surface area contributed by atoms with E-state index in [-0.39, 0.29) is 5.41 Å². The summed E-state index contributed by atoms with van der Waals surface area (Å²) in [4.78, 5) is 7.51. The Morgan fingerprint density at radius 2 is 2.00 bits per heavy atom. The highest BCUT2D eigenvalue weighted by Gasteiger charge is 2.23. The van der Waals surface area contributed by atoms with Gasteiger partial charge in [0.2, 0.25) is 0 Å². The first kappa shape index (κ1) is 16.6. The van der Waals surface area contributed by atoms with Crippen molar-refractivity contribution in [3.8, 4) is 0 Å². The predicted octanol–water partition coefficient (Wildman–Crippen LogP) is 5.28. The van der Waals surface area contributed by atoms with Crippen LogP contribution >= 0.6 is 11.6 Å². The molecule has 0 N–H and O–H groups in total. The fraction of sp³-hybridized carbons (Fsp3) is 0.722. The molecule has 1 fully saturated rings. The summed E-state index contributed by atoms with van der Waals surface area (Å²) in [5, 5.41) is 0. The number of hydrogen-bond acceptors (Lipinski definition) is 2. The van der Waals surface area contributed by atoms with Crippen LogP contribution in [0.3, 0.4) is 0 Å². The Balaban J connectivity index is 2.40. The van der Waals surface area contributed by atoms with Crippen LogP contribution in [0, 0.1) is 0 Å². The molecule has 2 rings (SSSR count). The summed E-state index contributed by atoms with van der Waals surface area (Å²) < 4.78 is 0. The van der Waals surface area contributed by atoms with Crippen LogP contribution < -0.4 is 4.90 Å². The highest BCUT2D eigenvalue weighted by Crippen LogP contribution is 2.29. The summed E-state index contributed by atoms with van der Waals surface area (Å²) in [6.45, 7) is 10.1. The summed E-state index contributed by atoms with van der Waals surface area (Å²) >= 11 is 6.12. The Kier molecular flexibility index (Phi) is 5.54. The van der Waals surface area contributed by atoms with Crippen LogP contribution in [-0.2, 0) is 11.3 Å². The van der Waals surface area contributed by atoms with Crippen LogP contribution in [-0.4, -0.2) is 17.6 Å². The molecule has 1 aromatic rings. The van der Waals surface area contributed by atoms with E-state index in [2.05, 4.69) is 44.7 Å². The zero-order valence-electron chi connectivity index (χ0n) is 14.0. The van der Waals surface area contributed by atoms with Crippen molar-refractivity contribution in [2.45, 2.75) is 77.1 Å². The van der Waals surface area contributed by atoms with E-state index < -0.39 is 0 Å². The third-order valence-corrected chi connectivity index (χ3v) is 4.75. The maximum atomic E-state index is 6.12. The summed E-state index contributed by atoms with van der Waals surface area (Å²) in [6.07, 6.45) is 6.44. The molecule has 0 spiro atoms. The minimum Gasteiger partial charge on any atom is -0.354 e. The smallest absolute Gasteiger partial charge is 0.129 e. The van der Waals surface area contributed by atoms with Crippen molar-refractivity contribution in [2.24, 2.45) is 0 Å². The average molecular weight is 309 g/mol. The van der Waals surface area contributed by atoms with Gasteiger partial charge >= 0.3 is 0 Å². The van der Waals surface area contributed by atoms with Crippen LogP contribution in [0.4, 0.5) is 5.82 Å². The van der Waals surface area contributed by atoms with Crippen molar-refractivity contribution in [1.29, 1.82) is 0 Å². The maximum absolute atomic E-state index is 6.12. The second-order valence-electron chi connectivity index (χ2n) is 7.21. The van der Waals surface area contributed by atoms with Crippen LogP contribution in [0.2, 0.25) is 0 Å². The van der Waals surface area contributed by atoms with Crippen molar-refractivity contribution in [1.82, 2.24) is 4.98 Å². The molecule has 0 aliphatic carbocycles. The lowest BCUT2D eigenvalue weighted by Crippen LogP contribution is -2.35. The highest BCUT2D eigenvalue weighted by molar-refractivity contribution is 6.17. The Morgan fingerprint density at radius 1 is 1.24 bits per heavy atom. The number of pyridine rings is 1. The first-order valence-corrected chi connectivity index (χ1v) is 8.83. The number of nitrogens with zero attached hydrogens (tertiary/aromatic N) is 2. The monoisotopic (exact) mass is 308 g/mol. The fourth-order valence-electron chi connectivity index (χ4n) is 3.08. The van der Waals surface area contributed by atoms with Crippen molar-refractivity contribution < 1.29 is 0 Å². The second kappa shape index (κ2) is 7.00. The minimum absolute atomic E-state index is 0.0599. The number of anilines is 1. The molecule has 0 saturated carbocycles. The number of rotatable bonds is 3. The molecule has 1 unspecified atom stereocenters. The molecule has 2 nitrogen and oxygen atoms in total. The third-order valence-electron chi connectivity index (χ3n) is 4.44. The quantitative estimate of drug-likeness (QED) is 0.706. The lowest BCUT2D eigenvalue weighted by atomic mass is 9.91. The molecular weight excluding hydrogens is 280 g/mol. The Labute approximate surface area is 134 Å². The van der Waals surface area contributed by atoms with Gasteiger partial charge in [0.1, 0.15) is 5.82 Å². The van der Waals surface area contributed by atoms with Gasteiger partial charge in [-0.25, -0.2) is 4.98 Å². The van der Waals surface area contributed by atoms with E-state index in [1.165, 1.54) is 37.7 Å². The van der Waals surface area contributed by atoms with Gasteiger partial charge in [-0.1, -0.05) is 40.5 Å².